The molecule has 0 aliphatic rings. The summed E-state index contributed by atoms with van der Waals surface area (Å²) in [6, 6.07) is 2.67. The normalized spacial score (nSPS) is 11.2. The van der Waals surface area contributed by atoms with Crippen LogP contribution in [0, 0.1) is 10.1 Å². The monoisotopic (exact) mass is 341 g/mol. The van der Waals surface area contributed by atoms with E-state index in [1.807, 2.05) is 0 Å². The molecular formula is C10H12ClNO6S2. The van der Waals surface area contributed by atoms with E-state index < -0.39 is 14.0 Å². The third-order valence-corrected chi connectivity index (χ3v) is 4.71. The lowest BCUT2D eigenvalue weighted by Crippen LogP contribution is -2.01. The van der Waals surface area contributed by atoms with Crippen molar-refractivity contribution >= 4 is 37.2 Å². The average molecular weight is 342 g/mol. The van der Waals surface area contributed by atoms with Crippen LogP contribution in [-0.4, -0.2) is 39.1 Å². The predicted molar refractivity (Wildman–Crippen MR) is 76.6 cm³/mol. The number of benzene rings is 1. The van der Waals surface area contributed by atoms with Crippen LogP contribution in [-0.2, 0) is 9.05 Å². The number of rotatable bonds is 7. The Balaban J connectivity index is 3.06. The molecule has 0 bridgehead atoms. The van der Waals surface area contributed by atoms with Crippen LogP contribution in [0.3, 0.4) is 0 Å². The first kappa shape index (κ1) is 16.9. The highest BCUT2D eigenvalue weighted by molar-refractivity contribution is 8.14. The van der Waals surface area contributed by atoms with Gasteiger partial charge in [0.15, 0.2) is 11.5 Å². The van der Waals surface area contributed by atoms with Crippen molar-refractivity contribution < 1.29 is 22.8 Å². The van der Waals surface area contributed by atoms with Crippen LogP contribution in [0.25, 0.3) is 0 Å². The largest absolute Gasteiger partial charge is 0.493 e. The van der Waals surface area contributed by atoms with E-state index in [0.29, 0.717) is 5.75 Å². The van der Waals surface area contributed by atoms with Crippen molar-refractivity contribution in [2.24, 2.45) is 0 Å². The third-order valence-electron chi connectivity index (χ3n) is 2.25. The Bertz CT molecular complexity index is 604. The Morgan fingerprint density at radius 1 is 1.30 bits per heavy atom. The first-order chi connectivity index (χ1) is 9.28. The van der Waals surface area contributed by atoms with Crippen LogP contribution in [0.15, 0.2) is 17.0 Å². The number of ether oxygens (including phenoxy) is 2. The van der Waals surface area contributed by atoms with Crippen molar-refractivity contribution in [1.82, 2.24) is 0 Å². The Morgan fingerprint density at radius 3 is 2.30 bits per heavy atom. The molecule has 7 nitrogen and oxygen atoms in total. The lowest BCUT2D eigenvalue weighted by Gasteiger charge is -2.10. The molecule has 1 aromatic rings. The summed E-state index contributed by atoms with van der Waals surface area (Å²) < 4.78 is 31.7. The maximum atomic E-state index is 11.0. The molecule has 20 heavy (non-hydrogen) atoms. The molecule has 0 aromatic heterocycles. The van der Waals surface area contributed by atoms with Gasteiger partial charge in [-0.1, -0.05) is 0 Å². The van der Waals surface area contributed by atoms with Crippen molar-refractivity contribution in [3.05, 3.63) is 22.2 Å². The summed E-state index contributed by atoms with van der Waals surface area (Å²) in [5, 5.41) is 11.0. The van der Waals surface area contributed by atoms with E-state index >= 15 is 0 Å². The third kappa shape index (κ3) is 4.73. The Hall–Kier alpha value is -1.19. The second-order valence-corrected chi connectivity index (χ2v) is 7.56. The molecule has 112 valence electrons. The number of hydrogen-bond acceptors (Lipinski definition) is 7. The summed E-state index contributed by atoms with van der Waals surface area (Å²) in [5.74, 6) is 0.371. The second kappa shape index (κ2) is 7.00. The minimum Gasteiger partial charge on any atom is -0.493 e. The van der Waals surface area contributed by atoms with Crippen molar-refractivity contribution in [2.45, 2.75) is 4.90 Å². The number of halogens is 1. The van der Waals surface area contributed by atoms with Crippen LogP contribution < -0.4 is 9.47 Å². The maximum absolute atomic E-state index is 11.0. The van der Waals surface area contributed by atoms with Gasteiger partial charge in [-0.05, 0) is 0 Å². The molecule has 0 N–H and O–H groups in total. The molecule has 0 radical (unpaired) electrons. The summed E-state index contributed by atoms with van der Waals surface area (Å²) in [6.07, 6.45) is 0. The van der Waals surface area contributed by atoms with E-state index in [1.54, 1.807) is 0 Å². The fourth-order valence-corrected chi connectivity index (χ4v) is 3.75. The lowest BCUT2D eigenvalue weighted by molar-refractivity contribution is -0.387. The van der Waals surface area contributed by atoms with Crippen molar-refractivity contribution in [1.29, 1.82) is 0 Å². The first-order valence-corrected chi connectivity index (χ1v) is 8.70. The molecule has 0 atom stereocenters. The van der Waals surface area contributed by atoms with E-state index in [0.717, 1.165) is 11.8 Å². The van der Waals surface area contributed by atoms with Crippen molar-refractivity contribution in [3.63, 3.8) is 0 Å². The molecule has 0 spiro atoms. The first-order valence-electron chi connectivity index (χ1n) is 5.24. The Labute approximate surface area is 124 Å². The van der Waals surface area contributed by atoms with Crippen LogP contribution in [0.4, 0.5) is 5.69 Å². The van der Waals surface area contributed by atoms with Gasteiger partial charge in [0.25, 0.3) is 5.69 Å². The summed E-state index contributed by atoms with van der Waals surface area (Å²) in [7, 11) is 4.23. The fraction of sp³-hybridized carbons (Fsp3) is 0.400. The quantitative estimate of drug-likeness (QED) is 0.325. The van der Waals surface area contributed by atoms with Crippen LogP contribution in [0.5, 0.6) is 11.5 Å². The minimum atomic E-state index is -3.63. The number of nitrogens with zero attached hydrogens (tertiary/aromatic N) is 1. The van der Waals surface area contributed by atoms with Gasteiger partial charge in [0.2, 0.25) is 9.05 Å². The SMILES string of the molecule is COc1cc(SCCS(=O)(=O)Cl)c([N+](=O)[O-])cc1OC. The van der Waals surface area contributed by atoms with E-state index in [4.69, 9.17) is 20.2 Å². The van der Waals surface area contributed by atoms with Gasteiger partial charge in [-0.2, -0.15) is 0 Å². The van der Waals surface area contributed by atoms with Gasteiger partial charge in [0, 0.05) is 22.5 Å². The van der Waals surface area contributed by atoms with Gasteiger partial charge in [-0.15, -0.1) is 11.8 Å². The molecule has 0 amide bonds. The van der Waals surface area contributed by atoms with Gasteiger partial charge in [0.1, 0.15) is 0 Å². The molecule has 0 saturated carbocycles. The molecule has 1 aromatic carbocycles. The number of nitro groups is 1. The number of thioether (sulfide) groups is 1. The molecule has 1 rings (SSSR count). The molecule has 0 saturated heterocycles. The summed E-state index contributed by atoms with van der Waals surface area (Å²) >= 11 is 1.01. The highest BCUT2D eigenvalue weighted by atomic mass is 35.7. The van der Waals surface area contributed by atoms with Gasteiger partial charge in [0.05, 0.1) is 35.9 Å². The zero-order valence-corrected chi connectivity index (χ0v) is 13.0. The van der Waals surface area contributed by atoms with Crippen LogP contribution >= 0.6 is 22.4 Å². The van der Waals surface area contributed by atoms with Crippen molar-refractivity contribution in [2.75, 3.05) is 25.7 Å². The average Bonchev–Trinajstić information content (AvgIpc) is 2.36. The van der Waals surface area contributed by atoms with Gasteiger partial charge in [-0.25, -0.2) is 8.42 Å². The highest BCUT2D eigenvalue weighted by Gasteiger charge is 2.20. The summed E-state index contributed by atoms with van der Waals surface area (Å²) in [6.45, 7) is 0. The standard InChI is InChI=1S/C10H12ClNO6S2/c1-17-8-5-7(12(13)14)10(6-9(8)18-2)19-3-4-20(11,15)16/h5-6H,3-4H2,1-2H3. The number of hydrogen-bond donors (Lipinski definition) is 0. The summed E-state index contributed by atoms with van der Waals surface area (Å²) in [4.78, 5) is 10.7. The molecule has 0 unspecified atom stereocenters. The lowest BCUT2D eigenvalue weighted by atomic mass is 10.3. The zero-order valence-electron chi connectivity index (χ0n) is 10.7. The number of nitro benzene ring substituents is 1. The van der Waals surface area contributed by atoms with E-state index in [-0.39, 0.29) is 27.8 Å². The Kier molecular flexibility index (Phi) is 5.90. The molecule has 10 heteroatoms. The van der Waals surface area contributed by atoms with E-state index in [9.17, 15) is 18.5 Å². The van der Waals surface area contributed by atoms with Gasteiger partial charge < -0.3 is 9.47 Å². The van der Waals surface area contributed by atoms with E-state index in [1.165, 1.54) is 26.4 Å². The van der Waals surface area contributed by atoms with E-state index in [2.05, 4.69) is 0 Å². The number of methoxy groups -OCH3 is 2. The molecular weight excluding hydrogens is 330 g/mol. The van der Waals surface area contributed by atoms with Crippen LogP contribution in [0.1, 0.15) is 0 Å². The van der Waals surface area contributed by atoms with Gasteiger partial charge in [-0.3, -0.25) is 10.1 Å². The molecule has 0 aliphatic heterocycles. The zero-order chi connectivity index (χ0) is 15.3. The molecule has 0 aliphatic carbocycles. The van der Waals surface area contributed by atoms with Gasteiger partial charge >= 0.3 is 0 Å². The predicted octanol–water partition coefficient (Wildman–Crippen LogP) is 2.27. The van der Waals surface area contributed by atoms with Crippen LogP contribution in [0.2, 0.25) is 0 Å². The topological polar surface area (TPSA) is 95.7 Å². The smallest absolute Gasteiger partial charge is 0.286 e. The fourth-order valence-electron chi connectivity index (χ4n) is 1.36. The maximum Gasteiger partial charge on any atom is 0.286 e. The summed E-state index contributed by atoms with van der Waals surface area (Å²) in [5.41, 5.74) is -0.181. The minimum absolute atomic E-state index is 0.0994. The Morgan fingerprint density at radius 2 is 1.85 bits per heavy atom. The molecule has 0 heterocycles. The van der Waals surface area contributed by atoms with Crippen molar-refractivity contribution in [3.8, 4) is 11.5 Å². The molecule has 0 fully saturated rings. The second-order valence-electron chi connectivity index (χ2n) is 3.52. The highest BCUT2D eigenvalue weighted by Crippen LogP contribution is 2.39.